The van der Waals surface area contributed by atoms with Crippen LogP contribution in [0, 0.1) is 0 Å². The Morgan fingerprint density at radius 2 is 1.88 bits per heavy atom. The molecule has 2 aromatic carbocycles. The van der Waals surface area contributed by atoms with E-state index in [0.717, 1.165) is 12.0 Å². The van der Waals surface area contributed by atoms with Crippen molar-refractivity contribution in [3.63, 3.8) is 0 Å². The summed E-state index contributed by atoms with van der Waals surface area (Å²) in [6.45, 7) is 0.724. The third-order valence-corrected chi connectivity index (χ3v) is 5.08. The molecule has 3 rings (SSSR count). The molecule has 0 bridgehead atoms. The van der Waals surface area contributed by atoms with Crippen molar-refractivity contribution in [3.05, 3.63) is 70.7 Å². The zero-order chi connectivity index (χ0) is 18.6. The molecule has 0 aliphatic carbocycles. The van der Waals surface area contributed by atoms with Gasteiger partial charge in [0.2, 0.25) is 0 Å². The van der Waals surface area contributed by atoms with Gasteiger partial charge in [0, 0.05) is 24.2 Å². The largest absolute Gasteiger partial charge is 0.445 e. The molecule has 1 saturated heterocycles. The first-order valence-corrected chi connectivity index (χ1v) is 8.91. The number of benzene rings is 2. The molecule has 1 heterocycles. The van der Waals surface area contributed by atoms with Gasteiger partial charge in [-0.25, -0.2) is 4.79 Å². The summed E-state index contributed by atoms with van der Waals surface area (Å²) in [5.74, 6) is -0.240. The number of carbonyl (C=O) groups excluding carboxylic acids is 2. The zero-order valence-electron chi connectivity index (χ0n) is 14.6. The number of hydrogen-bond acceptors (Lipinski definition) is 3. The first-order chi connectivity index (χ1) is 12.6. The number of carbonyl (C=O) groups is 2. The molecule has 1 N–H and O–H groups in total. The molecule has 2 aromatic rings. The van der Waals surface area contributed by atoms with Crippen LogP contribution in [0.2, 0.25) is 5.02 Å². The van der Waals surface area contributed by atoms with E-state index in [0.29, 0.717) is 23.6 Å². The van der Waals surface area contributed by atoms with Gasteiger partial charge in [-0.3, -0.25) is 9.69 Å². The van der Waals surface area contributed by atoms with E-state index in [9.17, 15) is 9.59 Å². The highest BCUT2D eigenvalue weighted by atomic mass is 35.5. The standard InChI is InChI=1S/C20H21ClN2O3/c1-23(19(25)26-14-15-8-3-2-4-9-15)20(12-7-13-22-18(20)24)16-10-5-6-11-17(16)21/h2-6,8-11H,7,12-14H2,1H3,(H,22,24). The smallest absolute Gasteiger partial charge is 0.411 e. The molecule has 2 amide bonds. The van der Waals surface area contributed by atoms with Gasteiger partial charge < -0.3 is 10.1 Å². The molecule has 5 nitrogen and oxygen atoms in total. The summed E-state index contributed by atoms with van der Waals surface area (Å²) < 4.78 is 5.44. The second kappa shape index (κ2) is 7.79. The molecular formula is C20H21ClN2O3. The monoisotopic (exact) mass is 372 g/mol. The number of ether oxygens (including phenoxy) is 1. The Labute approximate surface area is 157 Å². The number of rotatable bonds is 4. The Morgan fingerprint density at radius 1 is 1.19 bits per heavy atom. The minimum absolute atomic E-state index is 0.143. The molecule has 0 spiro atoms. The molecule has 1 aliphatic rings. The molecule has 1 atom stereocenters. The van der Waals surface area contributed by atoms with E-state index in [4.69, 9.17) is 16.3 Å². The van der Waals surface area contributed by atoms with Crippen LogP contribution in [-0.2, 0) is 21.7 Å². The minimum atomic E-state index is -1.18. The predicted molar refractivity (Wildman–Crippen MR) is 99.8 cm³/mol. The van der Waals surface area contributed by atoms with Gasteiger partial charge in [0.25, 0.3) is 5.91 Å². The highest BCUT2D eigenvalue weighted by molar-refractivity contribution is 6.31. The summed E-state index contributed by atoms with van der Waals surface area (Å²) >= 11 is 6.38. The van der Waals surface area contributed by atoms with Crippen molar-refractivity contribution in [1.29, 1.82) is 0 Å². The Morgan fingerprint density at radius 3 is 2.58 bits per heavy atom. The van der Waals surface area contributed by atoms with Crippen molar-refractivity contribution < 1.29 is 14.3 Å². The van der Waals surface area contributed by atoms with E-state index in [-0.39, 0.29) is 12.5 Å². The summed E-state index contributed by atoms with van der Waals surface area (Å²) in [7, 11) is 1.58. The molecule has 1 unspecified atom stereocenters. The zero-order valence-corrected chi connectivity index (χ0v) is 15.3. The third-order valence-electron chi connectivity index (χ3n) is 4.75. The highest BCUT2D eigenvalue weighted by Gasteiger charge is 2.49. The fourth-order valence-corrected chi connectivity index (χ4v) is 3.62. The maximum absolute atomic E-state index is 12.9. The summed E-state index contributed by atoms with van der Waals surface area (Å²) in [6, 6.07) is 16.5. The van der Waals surface area contributed by atoms with Crippen molar-refractivity contribution in [3.8, 4) is 0 Å². The molecule has 6 heteroatoms. The molecule has 136 valence electrons. The Kier molecular flexibility index (Phi) is 5.47. The number of nitrogens with zero attached hydrogens (tertiary/aromatic N) is 1. The lowest BCUT2D eigenvalue weighted by Crippen LogP contribution is -2.59. The first kappa shape index (κ1) is 18.3. The lowest BCUT2D eigenvalue weighted by atomic mass is 9.81. The van der Waals surface area contributed by atoms with Crippen LogP contribution in [0.15, 0.2) is 54.6 Å². The average Bonchev–Trinajstić information content (AvgIpc) is 2.67. The maximum Gasteiger partial charge on any atom is 0.411 e. The van der Waals surface area contributed by atoms with E-state index in [1.165, 1.54) is 4.90 Å². The maximum atomic E-state index is 12.9. The fourth-order valence-electron chi connectivity index (χ4n) is 3.33. The van der Waals surface area contributed by atoms with E-state index in [2.05, 4.69) is 5.32 Å². The van der Waals surface area contributed by atoms with Gasteiger partial charge >= 0.3 is 6.09 Å². The van der Waals surface area contributed by atoms with Crippen LogP contribution in [0.5, 0.6) is 0 Å². The Bertz CT molecular complexity index is 797. The normalized spacial score (nSPS) is 19.5. The fraction of sp³-hybridized carbons (Fsp3) is 0.300. The van der Waals surface area contributed by atoms with Crippen LogP contribution in [0.1, 0.15) is 24.0 Å². The number of hydrogen-bond donors (Lipinski definition) is 1. The van der Waals surface area contributed by atoms with E-state index < -0.39 is 11.6 Å². The number of halogens is 1. The summed E-state index contributed by atoms with van der Waals surface area (Å²) in [5, 5.41) is 3.31. The number of nitrogens with one attached hydrogen (secondary N) is 1. The van der Waals surface area contributed by atoms with Crippen molar-refractivity contribution >= 4 is 23.6 Å². The van der Waals surface area contributed by atoms with Gasteiger partial charge in [-0.15, -0.1) is 0 Å². The molecule has 0 radical (unpaired) electrons. The predicted octanol–water partition coefficient (Wildman–Crippen LogP) is 3.71. The number of likely N-dealkylation sites (N-methyl/N-ethyl adjacent to an activating group) is 1. The summed E-state index contributed by atoms with van der Waals surface area (Å²) in [5.41, 5.74) is 0.317. The summed E-state index contributed by atoms with van der Waals surface area (Å²) in [6.07, 6.45) is 0.665. The van der Waals surface area contributed by atoms with Crippen LogP contribution in [-0.4, -0.2) is 30.5 Å². The topological polar surface area (TPSA) is 58.6 Å². The second-order valence-corrected chi connectivity index (χ2v) is 6.71. The van der Waals surface area contributed by atoms with Crippen molar-refractivity contribution in [2.45, 2.75) is 25.0 Å². The Balaban J connectivity index is 1.88. The van der Waals surface area contributed by atoms with Gasteiger partial charge in [-0.2, -0.15) is 0 Å². The molecule has 26 heavy (non-hydrogen) atoms. The summed E-state index contributed by atoms with van der Waals surface area (Å²) in [4.78, 5) is 27.0. The third kappa shape index (κ3) is 3.40. The molecule has 0 aromatic heterocycles. The second-order valence-electron chi connectivity index (χ2n) is 6.30. The molecule has 1 fully saturated rings. The molecule has 0 saturated carbocycles. The van der Waals surface area contributed by atoms with Crippen LogP contribution in [0.3, 0.4) is 0 Å². The van der Waals surface area contributed by atoms with Crippen LogP contribution in [0.4, 0.5) is 4.79 Å². The van der Waals surface area contributed by atoms with Gasteiger partial charge in [-0.05, 0) is 24.5 Å². The quantitative estimate of drug-likeness (QED) is 0.889. The van der Waals surface area contributed by atoms with Gasteiger partial charge in [0.1, 0.15) is 6.61 Å². The Hall–Kier alpha value is -2.53. The van der Waals surface area contributed by atoms with Crippen molar-refractivity contribution in [2.75, 3.05) is 13.6 Å². The molecular weight excluding hydrogens is 352 g/mol. The van der Waals surface area contributed by atoms with Gasteiger partial charge in [0.15, 0.2) is 5.54 Å². The molecule has 1 aliphatic heterocycles. The van der Waals surface area contributed by atoms with E-state index in [1.807, 2.05) is 36.4 Å². The highest BCUT2D eigenvalue weighted by Crippen LogP contribution is 2.39. The first-order valence-electron chi connectivity index (χ1n) is 8.53. The lowest BCUT2D eigenvalue weighted by Gasteiger charge is -2.43. The van der Waals surface area contributed by atoms with Gasteiger partial charge in [0.05, 0.1) is 0 Å². The van der Waals surface area contributed by atoms with Crippen molar-refractivity contribution in [1.82, 2.24) is 10.2 Å². The SMILES string of the molecule is CN(C(=O)OCc1ccccc1)C1(c2ccccc2Cl)CCCNC1=O. The van der Waals surface area contributed by atoms with Gasteiger partial charge in [-0.1, -0.05) is 60.1 Å². The number of piperidine rings is 1. The number of amides is 2. The average molecular weight is 373 g/mol. The minimum Gasteiger partial charge on any atom is -0.445 e. The van der Waals surface area contributed by atoms with Crippen LogP contribution < -0.4 is 5.32 Å². The van der Waals surface area contributed by atoms with Crippen molar-refractivity contribution in [2.24, 2.45) is 0 Å². The van der Waals surface area contributed by atoms with E-state index in [1.54, 1.807) is 25.2 Å². The van der Waals surface area contributed by atoms with Crippen LogP contribution >= 0.6 is 11.6 Å². The lowest BCUT2D eigenvalue weighted by molar-refractivity contribution is -0.135. The van der Waals surface area contributed by atoms with Crippen LogP contribution in [0.25, 0.3) is 0 Å². The van der Waals surface area contributed by atoms with E-state index >= 15 is 0 Å².